The van der Waals surface area contributed by atoms with Crippen LogP contribution in [0.4, 0.5) is 0 Å². The van der Waals surface area contributed by atoms with Crippen LogP contribution < -0.4 is 11.1 Å². The van der Waals surface area contributed by atoms with Crippen LogP contribution in [0.25, 0.3) is 0 Å². The second kappa shape index (κ2) is 10.6. The van der Waals surface area contributed by atoms with Crippen LogP contribution >= 0.6 is 0 Å². The largest absolute Gasteiger partial charge is 0.466 e. The number of primary amides is 1. The van der Waals surface area contributed by atoms with Gasteiger partial charge in [-0.2, -0.15) is 5.26 Å². The van der Waals surface area contributed by atoms with Crippen LogP contribution in [0.15, 0.2) is 24.3 Å². The fourth-order valence-electron chi connectivity index (χ4n) is 2.28. The van der Waals surface area contributed by atoms with Gasteiger partial charge >= 0.3 is 11.9 Å². The molecule has 0 heterocycles. The zero-order chi connectivity index (χ0) is 20.4. The van der Waals surface area contributed by atoms with E-state index in [2.05, 4.69) is 5.32 Å². The van der Waals surface area contributed by atoms with Crippen LogP contribution in [0.5, 0.6) is 0 Å². The molecule has 0 aliphatic heterocycles. The number of carbonyl (C=O) groups is 4. The molecule has 0 spiro atoms. The first-order chi connectivity index (χ1) is 12.8. The standard InChI is InChI=1S/C18H21N3O6/c1-3-26-14(22)9-13(18(25)27-4-2)15(16(20)23)21-17(24)12-7-5-11(10-19)6-8-12/h5-8,13,15H,3-4,9H2,1-2H3,(H2,20,23)(H,21,24)/t13-,15-/m1/s1. The molecule has 1 aromatic rings. The lowest BCUT2D eigenvalue weighted by atomic mass is 9.95. The second-order valence-corrected chi connectivity index (χ2v) is 5.41. The predicted octanol–water partition coefficient (Wildman–Crippen LogP) is 0.274. The van der Waals surface area contributed by atoms with Crippen molar-refractivity contribution in [2.75, 3.05) is 13.2 Å². The fraction of sp³-hybridized carbons (Fsp3) is 0.389. The van der Waals surface area contributed by atoms with Gasteiger partial charge in [-0.05, 0) is 38.1 Å². The molecular formula is C18H21N3O6. The average molecular weight is 375 g/mol. The first-order valence-corrected chi connectivity index (χ1v) is 8.26. The Kier molecular flexibility index (Phi) is 8.45. The lowest BCUT2D eigenvalue weighted by Gasteiger charge is -2.23. The number of nitrogens with zero attached hydrogens (tertiary/aromatic N) is 1. The van der Waals surface area contributed by atoms with Crippen LogP contribution in [0, 0.1) is 17.2 Å². The Morgan fingerprint density at radius 2 is 1.70 bits per heavy atom. The molecule has 0 fully saturated rings. The van der Waals surface area contributed by atoms with Gasteiger partial charge in [-0.3, -0.25) is 19.2 Å². The van der Waals surface area contributed by atoms with Gasteiger partial charge in [-0.25, -0.2) is 0 Å². The lowest BCUT2D eigenvalue weighted by molar-refractivity contribution is -0.156. The lowest BCUT2D eigenvalue weighted by Crippen LogP contribution is -2.52. The van der Waals surface area contributed by atoms with E-state index in [4.69, 9.17) is 20.5 Å². The van der Waals surface area contributed by atoms with Gasteiger partial charge in [0.15, 0.2) is 0 Å². The molecule has 0 bridgehead atoms. The third-order valence-corrected chi connectivity index (χ3v) is 3.55. The number of amides is 2. The second-order valence-electron chi connectivity index (χ2n) is 5.41. The van der Waals surface area contributed by atoms with Gasteiger partial charge in [-0.15, -0.1) is 0 Å². The molecule has 1 aromatic carbocycles. The number of esters is 2. The SMILES string of the molecule is CCOC(=O)C[C@@H](C(=O)OCC)[C@@H](NC(=O)c1ccc(C#N)cc1)C(N)=O. The molecule has 9 heteroatoms. The maximum absolute atomic E-state index is 12.4. The predicted molar refractivity (Wildman–Crippen MR) is 93.0 cm³/mol. The Morgan fingerprint density at radius 3 is 2.19 bits per heavy atom. The Labute approximate surface area is 156 Å². The highest BCUT2D eigenvalue weighted by atomic mass is 16.5. The van der Waals surface area contributed by atoms with Crippen molar-refractivity contribution < 1.29 is 28.7 Å². The van der Waals surface area contributed by atoms with Gasteiger partial charge in [0.05, 0.1) is 37.2 Å². The summed E-state index contributed by atoms with van der Waals surface area (Å²) in [6.07, 6.45) is -0.478. The van der Waals surface area contributed by atoms with Crippen molar-refractivity contribution in [2.45, 2.75) is 26.3 Å². The van der Waals surface area contributed by atoms with Crippen LogP contribution in [-0.4, -0.2) is 43.0 Å². The smallest absolute Gasteiger partial charge is 0.312 e. The van der Waals surface area contributed by atoms with E-state index in [0.29, 0.717) is 5.56 Å². The Bertz CT molecular complexity index is 738. The molecule has 1 rings (SSSR count). The summed E-state index contributed by atoms with van der Waals surface area (Å²) < 4.78 is 9.69. The summed E-state index contributed by atoms with van der Waals surface area (Å²) in [5, 5.41) is 11.1. The summed E-state index contributed by atoms with van der Waals surface area (Å²) in [5.74, 6) is -4.60. The molecular weight excluding hydrogens is 354 g/mol. The molecule has 9 nitrogen and oxygen atoms in total. The number of nitrogens with two attached hydrogens (primary N) is 1. The molecule has 0 aromatic heterocycles. The number of benzene rings is 1. The number of rotatable bonds is 9. The summed E-state index contributed by atoms with van der Waals surface area (Å²) in [6, 6.07) is 6.06. The van der Waals surface area contributed by atoms with E-state index in [9.17, 15) is 19.2 Å². The topological polar surface area (TPSA) is 149 Å². The Morgan fingerprint density at radius 1 is 1.11 bits per heavy atom. The van der Waals surface area contributed by atoms with E-state index in [1.807, 2.05) is 6.07 Å². The number of nitrogens with one attached hydrogen (secondary N) is 1. The van der Waals surface area contributed by atoms with Gasteiger partial charge in [0.1, 0.15) is 6.04 Å². The molecule has 0 aliphatic carbocycles. The van der Waals surface area contributed by atoms with Crippen LogP contribution in [0.1, 0.15) is 36.2 Å². The van der Waals surface area contributed by atoms with E-state index in [1.54, 1.807) is 13.8 Å². The molecule has 0 unspecified atom stereocenters. The van der Waals surface area contributed by atoms with Gasteiger partial charge < -0.3 is 20.5 Å². The highest BCUT2D eigenvalue weighted by Gasteiger charge is 2.37. The van der Waals surface area contributed by atoms with Crippen LogP contribution in [0.2, 0.25) is 0 Å². The molecule has 2 atom stereocenters. The Balaban J connectivity index is 3.05. The average Bonchev–Trinajstić information content (AvgIpc) is 2.64. The molecule has 0 saturated carbocycles. The minimum absolute atomic E-state index is 0.0210. The van der Waals surface area contributed by atoms with E-state index in [1.165, 1.54) is 24.3 Å². The van der Waals surface area contributed by atoms with Crippen molar-refractivity contribution in [3.8, 4) is 6.07 Å². The van der Waals surface area contributed by atoms with Crippen molar-refractivity contribution in [1.82, 2.24) is 5.32 Å². The molecule has 0 aliphatic rings. The summed E-state index contributed by atoms with van der Waals surface area (Å²) >= 11 is 0. The van der Waals surface area contributed by atoms with E-state index < -0.39 is 42.1 Å². The fourth-order valence-corrected chi connectivity index (χ4v) is 2.28. The number of hydrogen-bond donors (Lipinski definition) is 2. The third kappa shape index (κ3) is 6.43. The highest BCUT2D eigenvalue weighted by molar-refractivity contribution is 5.99. The van der Waals surface area contributed by atoms with Gasteiger partial charge in [0.2, 0.25) is 5.91 Å². The van der Waals surface area contributed by atoms with E-state index >= 15 is 0 Å². The quantitative estimate of drug-likeness (QED) is 0.589. The van der Waals surface area contributed by atoms with E-state index in [-0.39, 0.29) is 18.8 Å². The molecule has 0 radical (unpaired) electrons. The normalized spacial score (nSPS) is 12.2. The van der Waals surface area contributed by atoms with Crippen molar-refractivity contribution in [2.24, 2.45) is 11.7 Å². The Hall–Kier alpha value is -3.41. The van der Waals surface area contributed by atoms with Crippen LogP contribution in [-0.2, 0) is 23.9 Å². The van der Waals surface area contributed by atoms with Crippen molar-refractivity contribution in [3.63, 3.8) is 0 Å². The molecule has 2 amide bonds. The summed E-state index contributed by atoms with van der Waals surface area (Å²) in [4.78, 5) is 48.2. The summed E-state index contributed by atoms with van der Waals surface area (Å²) in [5.41, 5.74) is 5.84. The minimum atomic E-state index is -1.48. The van der Waals surface area contributed by atoms with Gasteiger partial charge in [-0.1, -0.05) is 0 Å². The zero-order valence-electron chi connectivity index (χ0n) is 15.1. The van der Waals surface area contributed by atoms with Crippen LogP contribution in [0.3, 0.4) is 0 Å². The van der Waals surface area contributed by atoms with Crippen molar-refractivity contribution in [3.05, 3.63) is 35.4 Å². The third-order valence-electron chi connectivity index (χ3n) is 3.55. The molecule has 27 heavy (non-hydrogen) atoms. The molecule has 3 N–H and O–H groups in total. The summed E-state index contributed by atoms with van der Waals surface area (Å²) in [7, 11) is 0. The molecule has 0 saturated heterocycles. The van der Waals surface area contributed by atoms with Crippen molar-refractivity contribution >= 4 is 23.8 Å². The maximum atomic E-state index is 12.4. The van der Waals surface area contributed by atoms with Gasteiger partial charge in [0.25, 0.3) is 5.91 Å². The first-order valence-electron chi connectivity index (χ1n) is 8.26. The number of carbonyl (C=O) groups excluding carboxylic acids is 4. The highest BCUT2D eigenvalue weighted by Crippen LogP contribution is 2.15. The summed E-state index contributed by atoms with van der Waals surface area (Å²) in [6.45, 7) is 3.27. The minimum Gasteiger partial charge on any atom is -0.466 e. The monoisotopic (exact) mass is 375 g/mol. The maximum Gasteiger partial charge on any atom is 0.312 e. The van der Waals surface area contributed by atoms with Gasteiger partial charge in [0, 0.05) is 5.56 Å². The van der Waals surface area contributed by atoms with Crippen molar-refractivity contribution in [1.29, 1.82) is 5.26 Å². The molecule has 144 valence electrons. The first kappa shape index (κ1) is 21.6. The number of ether oxygens (including phenoxy) is 2. The zero-order valence-corrected chi connectivity index (χ0v) is 15.1. The number of nitriles is 1. The van der Waals surface area contributed by atoms with E-state index in [0.717, 1.165) is 0 Å². The number of hydrogen-bond acceptors (Lipinski definition) is 7.